The first kappa shape index (κ1) is 16.0. The second-order valence-corrected chi connectivity index (χ2v) is 5.46. The van der Waals surface area contributed by atoms with Crippen molar-refractivity contribution in [3.8, 4) is 5.75 Å². The molecule has 0 heterocycles. The topological polar surface area (TPSA) is 92.5 Å². The molecule has 0 bridgehead atoms. The van der Waals surface area contributed by atoms with Gasteiger partial charge in [-0.15, -0.1) is 0 Å². The Balaban J connectivity index is 2.37. The van der Waals surface area contributed by atoms with Crippen LogP contribution in [0.5, 0.6) is 5.75 Å². The maximum Gasteiger partial charge on any atom is 0.293 e. The lowest BCUT2D eigenvalue weighted by atomic mass is 9.95. The van der Waals surface area contributed by atoms with Gasteiger partial charge in [-0.2, -0.15) is 0 Å². The molecule has 6 heteroatoms. The number of aromatic hydroxyl groups is 1. The van der Waals surface area contributed by atoms with Crippen LogP contribution in [0.4, 0.5) is 5.69 Å². The minimum atomic E-state index is -0.620. The Morgan fingerprint density at radius 2 is 2.05 bits per heavy atom. The van der Waals surface area contributed by atoms with Crippen molar-refractivity contribution in [3.05, 3.63) is 39.4 Å². The van der Waals surface area contributed by atoms with E-state index in [2.05, 4.69) is 5.32 Å². The molecular weight excluding hydrogens is 284 g/mol. The Labute approximate surface area is 129 Å². The monoisotopic (exact) mass is 304 g/mol. The van der Waals surface area contributed by atoms with Crippen molar-refractivity contribution >= 4 is 17.7 Å². The van der Waals surface area contributed by atoms with E-state index in [1.807, 2.05) is 0 Å². The Morgan fingerprint density at radius 3 is 2.64 bits per heavy atom. The van der Waals surface area contributed by atoms with Crippen LogP contribution in [0.1, 0.15) is 54.9 Å². The van der Waals surface area contributed by atoms with E-state index in [-0.39, 0.29) is 23.0 Å². The summed E-state index contributed by atoms with van der Waals surface area (Å²) in [6.07, 6.45) is 8.17. The summed E-state index contributed by atoms with van der Waals surface area (Å²) < 4.78 is 0. The van der Waals surface area contributed by atoms with Gasteiger partial charge in [-0.1, -0.05) is 31.4 Å². The van der Waals surface area contributed by atoms with Crippen molar-refractivity contribution in [2.45, 2.75) is 45.1 Å². The summed E-state index contributed by atoms with van der Waals surface area (Å²) in [5.74, 6) is -0.948. The zero-order chi connectivity index (χ0) is 16.1. The van der Waals surface area contributed by atoms with Crippen LogP contribution in [0, 0.1) is 10.1 Å². The van der Waals surface area contributed by atoms with Gasteiger partial charge in [0.25, 0.3) is 11.6 Å². The fourth-order valence-corrected chi connectivity index (χ4v) is 2.84. The van der Waals surface area contributed by atoms with Crippen LogP contribution in [0.25, 0.3) is 6.08 Å². The summed E-state index contributed by atoms with van der Waals surface area (Å²) in [5, 5.41) is 24.1. The van der Waals surface area contributed by atoms with Gasteiger partial charge in [-0.3, -0.25) is 14.9 Å². The van der Waals surface area contributed by atoms with Crippen LogP contribution >= 0.6 is 0 Å². The number of rotatable bonds is 4. The van der Waals surface area contributed by atoms with Crippen molar-refractivity contribution in [2.24, 2.45) is 0 Å². The SMILES string of the molecule is CC=Cc1ccc(O)c(C(=O)NC2CCCCC2)c1[N+](=O)[O-]. The minimum Gasteiger partial charge on any atom is -0.507 e. The van der Waals surface area contributed by atoms with Gasteiger partial charge in [0.2, 0.25) is 0 Å². The van der Waals surface area contributed by atoms with Crippen LogP contribution in [-0.2, 0) is 0 Å². The van der Waals surface area contributed by atoms with E-state index in [0.29, 0.717) is 5.56 Å². The number of carbonyl (C=O) groups excluding carboxylic acids is 1. The number of phenols is 1. The number of allylic oxidation sites excluding steroid dienone is 1. The smallest absolute Gasteiger partial charge is 0.293 e. The molecule has 6 nitrogen and oxygen atoms in total. The number of nitro benzene ring substituents is 1. The first-order valence-corrected chi connectivity index (χ1v) is 7.48. The lowest BCUT2D eigenvalue weighted by molar-refractivity contribution is -0.385. The minimum absolute atomic E-state index is 0.0191. The molecule has 1 aliphatic rings. The molecule has 0 aromatic heterocycles. The third-order valence-corrected chi connectivity index (χ3v) is 3.88. The number of hydrogen-bond acceptors (Lipinski definition) is 4. The molecular formula is C16H20N2O4. The van der Waals surface area contributed by atoms with Gasteiger partial charge in [-0.05, 0) is 31.9 Å². The summed E-state index contributed by atoms with van der Waals surface area (Å²) >= 11 is 0. The third kappa shape index (κ3) is 3.44. The quantitative estimate of drug-likeness (QED) is 0.658. The zero-order valence-electron chi connectivity index (χ0n) is 12.5. The average Bonchev–Trinajstić information content (AvgIpc) is 2.49. The van der Waals surface area contributed by atoms with Crippen LogP contribution in [0.2, 0.25) is 0 Å². The van der Waals surface area contributed by atoms with Crippen molar-refractivity contribution in [1.29, 1.82) is 0 Å². The van der Waals surface area contributed by atoms with Crippen LogP contribution in [0.3, 0.4) is 0 Å². The molecule has 0 atom stereocenters. The standard InChI is InChI=1S/C16H20N2O4/c1-2-6-11-9-10-13(19)14(15(11)18(21)22)16(20)17-12-7-4-3-5-8-12/h2,6,9-10,12,19H,3-5,7-8H2,1H3,(H,17,20). The van der Waals surface area contributed by atoms with Gasteiger partial charge in [0, 0.05) is 6.04 Å². The number of hydrogen-bond donors (Lipinski definition) is 2. The number of nitro groups is 1. The van der Waals surface area contributed by atoms with Crippen molar-refractivity contribution in [3.63, 3.8) is 0 Å². The molecule has 1 saturated carbocycles. The van der Waals surface area contributed by atoms with Gasteiger partial charge in [0.15, 0.2) is 5.56 Å². The van der Waals surface area contributed by atoms with Crippen LogP contribution in [0.15, 0.2) is 18.2 Å². The van der Waals surface area contributed by atoms with Gasteiger partial charge >= 0.3 is 0 Å². The summed E-state index contributed by atoms with van der Waals surface area (Å²) in [7, 11) is 0. The number of benzene rings is 1. The van der Waals surface area contributed by atoms with Gasteiger partial charge < -0.3 is 10.4 Å². The highest BCUT2D eigenvalue weighted by atomic mass is 16.6. The molecule has 1 aromatic carbocycles. The van der Waals surface area contributed by atoms with Crippen molar-refractivity contribution in [1.82, 2.24) is 5.32 Å². The van der Waals surface area contributed by atoms with Crippen LogP contribution in [-0.4, -0.2) is 22.0 Å². The van der Waals surface area contributed by atoms with Crippen LogP contribution < -0.4 is 5.32 Å². The maximum atomic E-state index is 12.4. The highest BCUT2D eigenvalue weighted by molar-refractivity contribution is 6.02. The molecule has 22 heavy (non-hydrogen) atoms. The van der Waals surface area contributed by atoms with E-state index in [1.54, 1.807) is 19.1 Å². The highest BCUT2D eigenvalue weighted by Crippen LogP contribution is 2.32. The van der Waals surface area contributed by atoms with E-state index in [0.717, 1.165) is 32.1 Å². The number of carbonyl (C=O) groups is 1. The molecule has 0 saturated heterocycles. The molecule has 0 unspecified atom stereocenters. The lowest BCUT2D eigenvalue weighted by Crippen LogP contribution is -2.36. The molecule has 1 fully saturated rings. The highest BCUT2D eigenvalue weighted by Gasteiger charge is 2.29. The van der Waals surface area contributed by atoms with E-state index in [4.69, 9.17) is 0 Å². The first-order valence-electron chi connectivity index (χ1n) is 7.48. The van der Waals surface area contributed by atoms with Gasteiger partial charge in [0.05, 0.1) is 10.5 Å². The number of phenolic OH excluding ortho intramolecular Hbond substituents is 1. The largest absolute Gasteiger partial charge is 0.507 e. The summed E-state index contributed by atoms with van der Waals surface area (Å²) in [6.45, 7) is 1.73. The summed E-state index contributed by atoms with van der Waals surface area (Å²) in [4.78, 5) is 23.1. The zero-order valence-corrected chi connectivity index (χ0v) is 12.5. The Morgan fingerprint density at radius 1 is 1.36 bits per heavy atom. The molecule has 1 aliphatic carbocycles. The molecule has 118 valence electrons. The first-order chi connectivity index (χ1) is 10.5. The predicted octanol–water partition coefficient (Wildman–Crippen LogP) is 3.40. The van der Waals surface area contributed by atoms with Gasteiger partial charge in [-0.25, -0.2) is 0 Å². The summed E-state index contributed by atoms with van der Waals surface area (Å²) in [5.41, 5.74) is -0.309. The van der Waals surface area contributed by atoms with E-state index < -0.39 is 10.8 Å². The van der Waals surface area contributed by atoms with E-state index >= 15 is 0 Å². The molecule has 2 rings (SSSR count). The fourth-order valence-electron chi connectivity index (χ4n) is 2.84. The van der Waals surface area contributed by atoms with Gasteiger partial charge in [0.1, 0.15) is 5.75 Å². The van der Waals surface area contributed by atoms with E-state index in [9.17, 15) is 20.0 Å². The Hall–Kier alpha value is -2.37. The Kier molecular flexibility index (Phi) is 5.14. The number of amides is 1. The van der Waals surface area contributed by atoms with Crippen molar-refractivity contribution < 1.29 is 14.8 Å². The number of nitrogens with one attached hydrogen (secondary N) is 1. The maximum absolute atomic E-state index is 12.4. The van der Waals surface area contributed by atoms with Crippen molar-refractivity contribution in [2.75, 3.05) is 0 Å². The summed E-state index contributed by atoms with van der Waals surface area (Å²) in [6, 6.07) is 2.77. The molecule has 0 aliphatic heterocycles. The Bertz CT molecular complexity index is 604. The predicted molar refractivity (Wildman–Crippen MR) is 83.8 cm³/mol. The van der Waals surface area contributed by atoms with E-state index in [1.165, 1.54) is 12.1 Å². The normalized spacial score (nSPS) is 15.9. The molecule has 1 aromatic rings. The number of nitrogens with zero attached hydrogens (tertiary/aromatic N) is 1. The average molecular weight is 304 g/mol. The molecule has 0 radical (unpaired) electrons. The fraction of sp³-hybridized carbons (Fsp3) is 0.438. The molecule has 0 spiro atoms. The molecule has 1 amide bonds. The second kappa shape index (κ2) is 7.06. The third-order valence-electron chi connectivity index (χ3n) is 3.88. The second-order valence-electron chi connectivity index (χ2n) is 5.46. The lowest BCUT2D eigenvalue weighted by Gasteiger charge is -2.23. The molecule has 2 N–H and O–H groups in total.